The van der Waals surface area contributed by atoms with Gasteiger partial charge in [0.1, 0.15) is 11.4 Å². The Morgan fingerprint density at radius 3 is 1.93 bits per heavy atom. The number of nitrogens with one attached hydrogen (secondary N) is 1. The van der Waals surface area contributed by atoms with Crippen LogP contribution < -0.4 is 10.8 Å². The minimum atomic E-state index is -2.16. The lowest BCUT2D eigenvalue weighted by Gasteiger charge is -2.41. The van der Waals surface area contributed by atoms with Crippen LogP contribution in [0.25, 0.3) is 0 Å². The Hall–Kier alpha value is -1.57. The van der Waals surface area contributed by atoms with Crippen molar-refractivity contribution < 1.29 is 32.5 Å². The summed E-state index contributed by atoms with van der Waals surface area (Å²) in [6, 6.07) is 3.21. The fourth-order valence-corrected chi connectivity index (χ4v) is 5.93. The predicted molar refractivity (Wildman–Crippen MR) is 169 cm³/mol. The Kier molecular flexibility index (Phi) is 10.6. The molecule has 1 aliphatic heterocycles. The average Bonchev–Trinajstić information content (AvgIpc) is 3.04. The third kappa shape index (κ3) is 8.29. The fourth-order valence-electron chi connectivity index (χ4n) is 3.56. The molecule has 0 spiro atoms. The molecule has 1 amide bonds. The second-order valence-electron chi connectivity index (χ2n) is 15.0. The second-order valence-corrected chi connectivity index (χ2v) is 24.6. The molecule has 1 N–H and O–H groups in total. The summed E-state index contributed by atoms with van der Waals surface area (Å²) in [6.45, 7) is 30.3. The molecule has 0 unspecified atom stereocenters. The number of methoxy groups -OCH3 is 1. The maximum atomic E-state index is 13.3. The number of pyridine rings is 1. The van der Waals surface area contributed by atoms with Gasteiger partial charge in [0, 0.05) is 12.0 Å². The van der Waals surface area contributed by atoms with Crippen LogP contribution in [0.4, 0.5) is 0 Å². The summed E-state index contributed by atoms with van der Waals surface area (Å²) in [5, 5.41) is 3.00. The summed E-state index contributed by atoms with van der Waals surface area (Å²) in [6.07, 6.45) is -0.335. The number of carbonyl (C=O) groups is 2. The first kappa shape index (κ1) is 35.6. The monoisotopic (exact) mass is 608 g/mol. The minimum absolute atomic E-state index is 0.00739. The van der Waals surface area contributed by atoms with E-state index in [0.29, 0.717) is 12.1 Å². The number of nitrogens with zero attached hydrogens (tertiary/aromatic N) is 1. The number of aromatic nitrogens is 1. The van der Waals surface area contributed by atoms with Crippen LogP contribution in [0.1, 0.15) is 90.2 Å². The zero-order chi connectivity index (χ0) is 31.8. The van der Waals surface area contributed by atoms with Crippen LogP contribution >= 0.6 is 0 Å². The molecule has 12 heteroatoms. The molecule has 0 radical (unpaired) electrons. The normalized spacial score (nSPS) is 18.3. The van der Waals surface area contributed by atoms with Gasteiger partial charge in [-0.05, 0) is 70.0 Å². The first-order chi connectivity index (χ1) is 18.4. The molecule has 0 aromatic carbocycles. The zero-order valence-corrected chi connectivity index (χ0v) is 30.0. The van der Waals surface area contributed by atoms with Crippen molar-refractivity contribution >= 4 is 41.1 Å². The van der Waals surface area contributed by atoms with Crippen molar-refractivity contribution in [3.05, 3.63) is 23.5 Å². The van der Waals surface area contributed by atoms with Crippen LogP contribution in [0.5, 0.6) is 0 Å². The van der Waals surface area contributed by atoms with Crippen molar-refractivity contribution in [1.29, 1.82) is 0 Å². The zero-order valence-electron chi connectivity index (χ0n) is 28.0. The maximum Gasteiger partial charge on any atom is 0.497 e. The van der Waals surface area contributed by atoms with Gasteiger partial charge >= 0.3 is 13.1 Å². The molecule has 0 saturated carbocycles. The van der Waals surface area contributed by atoms with E-state index in [1.807, 2.05) is 27.7 Å². The van der Waals surface area contributed by atoms with Crippen molar-refractivity contribution in [3.63, 3.8) is 0 Å². The van der Waals surface area contributed by atoms with Gasteiger partial charge in [-0.1, -0.05) is 47.6 Å². The molecule has 1 fully saturated rings. The molecule has 232 valence electrons. The van der Waals surface area contributed by atoms with Gasteiger partial charge in [0.15, 0.2) is 16.6 Å². The van der Waals surface area contributed by atoms with Gasteiger partial charge in [0.05, 0.1) is 31.0 Å². The van der Waals surface area contributed by atoms with Gasteiger partial charge in [-0.15, -0.1) is 0 Å². The molecule has 1 aromatic rings. The van der Waals surface area contributed by atoms with Crippen LogP contribution in [0.15, 0.2) is 12.1 Å². The topological polar surface area (TPSA) is 105 Å². The SMILES string of the molecule is COC(=O)c1nc(C(=O)NC[C@H](CO[Si](C)(C)C(C)(C)C)O[Si](C)(C)C(C)(C)C)ccc1B1OC(C)(C)C(C)(C)O1. The lowest BCUT2D eigenvalue weighted by Crippen LogP contribution is -2.50. The van der Waals surface area contributed by atoms with E-state index < -0.39 is 46.8 Å². The van der Waals surface area contributed by atoms with E-state index in [4.69, 9.17) is 22.9 Å². The number of hydrogen-bond donors (Lipinski definition) is 1. The van der Waals surface area contributed by atoms with Crippen molar-refractivity contribution in [3.8, 4) is 0 Å². The largest absolute Gasteiger partial charge is 0.497 e. The smallest absolute Gasteiger partial charge is 0.464 e. The van der Waals surface area contributed by atoms with Crippen LogP contribution in [-0.4, -0.2) is 78.2 Å². The highest BCUT2D eigenvalue weighted by Gasteiger charge is 2.53. The molecule has 0 bridgehead atoms. The molecule has 1 aliphatic rings. The van der Waals surface area contributed by atoms with Crippen molar-refractivity contribution in [1.82, 2.24) is 10.3 Å². The van der Waals surface area contributed by atoms with Gasteiger partial charge in [-0.25, -0.2) is 9.78 Å². The molecule has 2 rings (SSSR count). The summed E-state index contributed by atoms with van der Waals surface area (Å²) >= 11 is 0. The Morgan fingerprint density at radius 1 is 0.951 bits per heavy atom. The molecule has 0 aliphatic carbocycles. The average molecular weight is 609 g/mol. The summed E-state index contributed by atoms with van der Waals surface area (Å²) in [5.74, 6) is -1.10. The van der Waals surface area contributed by atoms with Gasteiger partial charge in [0.25, 0.3) is 5.91 Å². The lowest BCUT2D eigenvalue weighted by atomic mass is 9.77. The number of carbonyl (C=O) groups excluding carboxylic acids is 2. The summed E-state index contributed by atoms with van der Waals surface area (Å²) in [5.41, 5.74) is -0.732. The number of esters is 1. The van der Waals surface area contributed by atoms with Gasteiger partial charge < -0.3 is 28.2 Å². The van der Waals surface area contributed by atoms with Gasteiger partial charge in [0.2, 0.25) is 0 Å². The molecule has 41 heavy (non-hydrogen) atoms. The Morgan fingerprint density at radius 2 is 1.46 bits per heavy atom. The molecule has 1 atom stereocenters. The highest BCUT2D eigenvalue weighted by atomic mass is 28.4. The fraction of sp³-hybridized carbons (Fsp3) is 0.759. The van der Waals surface area contributed by atoms with E-state index in [2.05, 4.69) is 78.0 Å². The van der Waals surface area contributed by atoms with Crippen LogP contribution in [-0.2, 0) is 22.9 Å². The van der Waals surface area contributed by atoms with Crippen molar-refractivity contribution in [2.24, 2.45) is 0 Å². The summed E-state index contributed by atoms with van der Waals surface area (Å²) < 4.78 is 30.4. The number of amides is 1. The van der Waals surface area contributed by atoms with E-state index in [0.717, 1.165) is 0 Å². The molecular weight excluding hydrogens is 555 g/mol. The van der Waals surface area contributed by atoms with Crippen molar-refractivity contribution in [2.75, 3.05) is 20.3 Å². The lowest BCUT2D eigenvalue weighted by molar-refractivity contribution is 0.00578. The van der Waals surface area contributed by atoms with Gasteiger partial charge in [-0.2, -0.15) is 0 Å². The molecule has 9 nitrogen and oxygen atoms in total. The predicted octanol–water partition coefficient (Wildman–Crippen LogP) is 5.31. The van der Waals surface area contributed by atoms with E-state index >= 15 is 0 Å². The Bertz CT molecular complexity index is 1100. The summed E-state index contributed by atoms with van der Waals surface area (Å²) in [4.78, 5) is 30.4. The minimum Gasteiger partial charge on any atom is -0.464 e. The third-order valence-electron chi connectivity index (χ3n) is 9.24. The van der Waals surface area contributed by atoms with E-state index in [1.54, 1.807) is 12.1 Å². The number of rotatable bonds is 10. The van der Waals surface area contributed by atoms with Crippen LogP contribution in [0.3, 0.4) is 0 Å². The maximum absolute atomic E-state index is 13.3. The second kappa shape index (κ2) is 12.2. The highest BCUT2D eigenvalue weighted by molar-refractivity contribution is 6.74. The quantitative estimate of drug-likeness (QED) is 0.282. The molecule has 2 heterocycles. The standard InChI is InChI=1S/C29H53BN2O7Si2/c1-26(2,3)40(12,13)36-19-20(37-41(14,15)27(4,5)6)18-31-24(33)22-17-16-21(23(32-22)25(34)35-11)30-38-28(7,8)29(9,10)39-30/h16-17,20H,18-19H2,1-15H3,(H,31,33)/t20-/m1/s1. The summed E-state index contributed by atoms with van der Waals surface area (Å²) in [7, 11) is -3.75. The van der Waals surface area contributed by atoms with Crippen LogP contribution in [0.2, 0.25) is 36.3 Å². The highest BCUT2D eigenvalue weighted by Crippen LogP contribution is 2.39. The van der Waals surface area contributed by atoms with Crippen molar-refractivity contribution in [2.45, 2.75) is 123 Å². The number of ether oxygens (including phenoxy) is 1. The van der Waals surface area contributed by atoms with Crippen LogP contribution in [0, 0.1) is 0 Å². The Labute approximate surface area is 250 Å². The number of hydrogen-bond acceptors (Lipinski definition) is 8. The van der Waals surface area contributed by atoms with E-state index in [-0.39, 0.29) is 34.1 Å². The Balaban J connectivity index is 2.29. The first-order valence-corrected chi connectivity index (χ1v) is 20.2. The van der Waals surface area contributed by atoms with E-state index in [1.165, 1.54) is 7.11 Å². The molecular formula is C29H53BN2O7Si2. The third-order valence-corrected chi connectivity index (χ3v) is 18.3. The van der Waals surface area contributed by atoms with Gasteiger partial charge in [-0.3, -0.25) is 4.79 Å². The first-order valence-electron chi connectivity index (χ1n) is 14.4. The van der Waals surface area contributed by atoms with E-state index in [9.17, 15) is 9.59 Å². The molecule has 1 saturated heterocycles. The molecule has 1 aromatic heterocycles.